The molecule has 0 aliphatic carbocycles. The van der Waals surface area contributed by atoms with Gasteiger partial charge in [-0.2, -0.15) is 0 Å². The highest BCUT2D eigenvalue weighted by atomic mass is 16.5. The van der Waals surface area contributed by atoms with Crippen LogP contribution in [0.1, 0.15) is 25.3 Å². The van der Waals surface area contributed by atoms with Gasteiger partial charge in [0.2, 0.25) is 5.91 Å². The summed E-state index contributed by atoms with van der Waals surface area (Å²) < 4.78 is 4.78. The van der Waals surface area contributed by atoms with Crippen LogP contribution >= 0.6 is 0 Å². The van der Waals surface area contributed by atoms with Gasteiger partial charge in [0.15, 0.2) is 0 Å². The fourth-order valence-electron chi connectivity index (χ4n) is 2.81. The van der Waals surface area contributed by atoms with Crippen LogP contribution in [0.5, 0.6) is 0 Å². The van der Waals surface area contributed by atoms with Crippen molar-refractivity contribution in [2.45, 2.75) is 38.3 Å². The third-order valence-electron chi connectivity index (χ3n) is 3.65. The molecule has 1 amide bonds. The highest BCUT2D eigenvalue weighted by Crippen LogP contribution is 2.27. The van der Waals surface area contributed by atoms with Crippen molar-refractivity contribution in [3.05, 3.63) is 35.9 Å². The number of hydrogen-bond donors (Lipinski definition) is 0. The molecule has 0 unspecified atom stereocenters. The molecule has 1 heterocycles. The Bertz CT molecular complexity index is 458. The molecule has 0 spiro atoms. The minimum Gasteiger partial charge on any atom is -0.467 e. The first-order valence-corrected chi connectivity index (χ1v) is 6.54. The summed E-state index contributed by atoms with van der Waals surface area (Å²) in [5.41, 5.74) is 1.18. The van der Waals surface area contributed by atoms with Gasteiger partial charge in [0, 0.05) is 13.0 Å². The molecule has 102 valence electrons. The number of esters is 1. The van der Waals surface area contributed by atoms with Crippen molar-refractivity contribution in [1.29, 1.82) is 0 Å². The molecule has 1 aromatic rings. The van der Waals surface area contributed by atoms with Crippen LogP contribution in [0.4, 0.5) is 0 Å². The molecule has 4 nitrogen and oxygen atoms in total. The number of ether oxygens (including phenoxy) is 1. The summed E-state index contributed by atoms with van der Waals surface area (Å²) in [6, 6.07) is 9.70. The SMILES string of the molecule is COC(=O)[C@H]1CC[C@H](Cc2ccccc2)N1C(C)=O. The predicted molar refractivity (Wildman–Crippen MR) is 71.5 cm³/mol. The summed E-state index contributed by atoms with van der Waals surface area (Å²) >= 11 is 0. The zero-order chi connectivity index (χ0) is 13.8. The van der Waals surface area contributed by atoms with Crippen molar-refractivity contribution in [2.24, 2.45) is 0 Å². The molecule has 1 aromatic carbocycles. The van der Waals surface area contributed by atoms with Gasteiger partial charge >= 0.3 is 5.97 Å². The average molecular weight is 261 g/mol. The largest absolute Gasteiger partial charge is 0.467 e. The molecule has 1 aliphatic heterocycles. The third kappa shape index (κ3) is 2.95. The molecule has 2 atom stereocenters. The number of carbonyl (C=O) groups is 2. The molecule has 0 bridgehead atoms. The lowest BCUT2D eigenvalue weighted by Gasteiger charge is -2.28. The molecule has 0 N–H and O–H groups in total. The Morgan fingerprint density at radius 3 is 2.53 bits per heavy atom. The van der Waals surface area contributed by atoms with E-state index in [0.717, 1.165) is 12.8 Å². The highest BCUT2D eigenvalue weighted by molar-refractivity contribution is 5.84. The van der Waals surface area contributed by atoms with E-state index in [1.807, 2.05) is 30.3 Å². The van der Waals surface area contributed by atoms with E-state index in [4.69, 9.17) is 4.74 Å². The number of methoxy groups -OCH3 is 1. The fourth-order valence-corrected chi connectivity index (χ4v) is 2.81. The molecule has 1 saturated heterocycles. The Hall–Kier alpha value is -1.84. The van der Waals surface area contributed by atoms with E-state index in [1.165, 1.54) is 19.6 Å². The van der Waals surface area contributed by atoms with E-state index in [9.17, 15) is 9.59 Å². The molecule has 2 rings (SSSR count). The van der Waals surface area contributed by atoms with Gasteiger partial charge in [-0.15, -0.1) is 0 Å². The van der Waals surface area contributed by atoms with Crippen molar-refractivity contribution >= 4 is 11.9 Å². The topological polar surface area (TPSA) is 46.6 Å². The first-order valence-electron chi connectivity index (χ1n) is 6.54. The smallest absolute Gasteiger partial charge is 0.328 e. The van der Waals surface area contributed by atoms with Gasteiger partial charge in [0.05, 0.1) is 7.11 Å². The number of likely N-dealkylation sites (tertiary alicyclic amines) is 1. The zero-order valence-electron chi connectivity index (χ0n) is 11.3. The summed E-state index contributed by atoms with van der Waals surface area (Å²) in [6.45, 7) is 1.51. The van der Waals surface area contributed by atoms with Gasteiger partial charge < -0.3 is 9.64 Å². The quantitative estimate of drug-likeness (QED) is 0.779. The molecule has 0 saturated carbocycles. The van der Waals surface area contributed by atoms with Crippen LogP contribution in [0.2, 0.25) is 0 Å². The molecule has 0 radical (unpaired) electrons. The van der Waals surface area contributed by atoms with E-state index in [-0.39, 0.29) is 17.9 Å². The van der Waals surface area contributed by atoms with Crippen molar-refractivity contribution in [3.63, 3.8) is 0 Å². The first kappa shape index (κ1) is 13.6. The summed E-state index contributed by atoms with van der Waals surface area (Å²) in [6.07, 6.45) is 2.31. The molecule has 0 aromatic heterocycles. The van der Waals surface area contributed by atoms with Gasteiger partial charge in [-0.25, -0.2) is 4.79 Å². The first-order chi connectivity index (χ1) is 9.13. The van der Waals surface area contributed by atoms with Crippen molar-refractivity contribution in [3.8, 4) is 0 Å². The van der Waals surface area contributed by atoms with Crippen LogP contribution in [-0.4, -0.2) is 36.0 Å². The minimum absolute atomic E-state index is 0.0613. The number of benzene rings is 1. The van der Waals surface area contributed by atoms with Gasteiger partial charge in [-0.3, -0.25) is 4.79 Å². The average Bonchev–Trinajstić information content (AvgIpc) is 2.83. The lowest BCUT2D eigenvalue weighted by Crippen LogP contribution is -2.45. The van der Waals surface area contributed by atoms with Crippen LogP contribution in [0.25, 0.3) is 0 Å². The Labute approximate surface area is 113 Å². The van der Waals surface area contributed by atoms with E-state index < -0.39 is 6.04 Å². The van der Waals surface area contributed by atoms with E-state index in [2.05, 4.69) is 0 Å². The maximum atomic E-state index is 11.8. The Morgan fingerprint density at radius 1 is 1.26 bits per heavy atom. The van der Waals surface area contributed by atoms with E-state index in [1.54, 1.807) is 4.90 Å². The lowest BCUT2D eigenvalue weighted by atomic mass is 10.0. The maximum Gasteiger partial charge on any atom is 0.328 e. The second-order valence-corrected chi connectivity index (χ2v) is 4.89. The van der Waals surface area contributed by atoms with Gasteiger partial charge in [0.1, 0.15) is 6.04 Å². The van der Waals surface area contributed by atoms with Crippen molar-refractivity contribution in [1.82, 2.24) is 4.90 Å². The summed E-state index contributed by atoms with van der Waals surface area (Å²) in [5, 5.41) is 0. The third-order valence-corrected chi connectivity index (χ3v) is 3.65. The van der Waals surface area contributed by atoms with Crippen LogP contribution < -0.4 is 0 Å². The number of nitrogens with zero attached hydrogens (tertiary/aromatic N) is 1. The Morgan fingerprint density at radius 2 is 1.95 bits per heavy atom. The number of hydrogen-bond acceptors (Lipinski definition) is 3. The molecule has 1 aliphatic rings. The maximum absolute atomic E-state index is 11.8. The van der Waals surface area contributed by atoms with Crippen molar-refractivity contribution < 1.29 is 14.3 Å². The molecular weight excluding hydrogens is 242 g/mol. The van der Waals surface area contributed by atoms with Gasteiger partial charge in [-0.05, 0) is 24.8 Å². The zero-order valence-corrected chi connectivity index (χ0v) is 11.3. The van der Waals surface area contributed by atoms with Gasteiger partial charge in [0.25, 0.3) is 0 Å². The summed E-state index contributed by atoms with van der Waals surface area (Å²) in [7, 11) is 1.37. The number of amides is 1. The van der Waals surface area contributed by atoms with Crippen molar-refractivity contribution in [2.75, 3.05) is 7.11 Å². The Balaban J connectivity index is 2.13. The monoisotopic (exact) mass is 261 g/mol. The van der Waals surface area contributed by atoms with E-state index >= 15 is 0 Å². The molecule has 1 fully saturated rings. The molecular formula is C15H19NO3. The highest BCUT2D eigenvalue weighted by Gasteiger charge is 2.39. The Kier molecular flexibility index (Phi) is 4.20. The van der Waals surface area contributed by atoms with Crippen LogP contribution in [0.3, 0.4) is 0 Å². The van der Waals surface area contributed by atoms with E-state index in [0.29, 0.717) is 6.42 Å². The second kappa shape index (κ2) is 5.87. The summed E-state index contributed by atoms with van der Waals surface area (Å²) in [4.78, 5) is 25.2. The minimum atomic E-state index is -0.420. The number of rotatable bonds is 3. The second-order valence-electron chi connectivity index (χ2n) is 4.89. The standard InChI is InChI=1S/C15H19NO3/c1-11(17)16-13(8-9-14(16)15(18)19-2)10-12-6-4-3-5-7-12/h3-7,13-14H,8-10H2,1-2H3/t13-,14-/m1/s1. The number of carbonyl (C=O) groups excluding carboxylic acids is 2. The predicted octanol–water partition coefficient (Wildman–Crippen LogP) is 1.78. The van der Waals surface area contributed by atoms with Crippen LogP contribution in [-0.2, 0) is 20.7 Å². The molecule has 19 heavy (non-hydrogen) atoms. The van der Waals surface area contributed by atoms with Crippen LogP contribution in [0, 0.1) is 0 Å². The fraction of sp³-hybridized carbons (Fsp3) is 0.467. The lowest BCUT2D eigenvalue weighted by molar-refractivity contribution is -0.151. The van der Waals surface area contributed by atoms with Crippen LogP contribution in [0.15, 0.2) is 30.3 Å². The molecule has 4 heteroatoms. The van der Waals surface area contributed by atoms with Gasteiger partial charge in [-0.1, -0.05) is 30.3 Å². The summed E-state index contributed by atoms with van der Waals surface area (Å²) in [5.74, 6) is -0.375. The normalized spacial score (nSPS) is 22.3.